The highest BCUT2D eigenvalue weighted by Gasteiger charge is 2.34. The Hall–Kier alpha value is -3.30. The topological polar surface area (TPSA) is 96.7 Å². The second-order valence-electron chi connectivity index (χ2n) is 11.6. The summed E-state index contributed by atoms with van der Waals surface area (Å²) in [6.07, 6.45) is 2.98. The van der Waals surface area contributed by atoms with Crippen molar-refractivity contribution in [3.63, 3.8) is 0 Å². The quantitative estimate of drug-likeness (QED) is 0.475. The number of nitrogens with zero attached hydrogens (tertiary/aromatic N) is 3. The Labute approximate surface area is 234 Å². The van der Waals surface area contributed by atoms with Gasteiger partial charge >= 0.3 is 0 Å². The van der Waals surface area contributed by atoms with Gasteiger partial charge in [-0.1, -0.05) is 13.0 Å². The van der Waals surface area contributed by atoms with Crippen molar-refractivity contribution in [3.8, 4) is 0 Å². The number of anilines is 1. The number of hydrogen-bond donors (Lipinski definition) is 2. The van der Waals surface area contributed by atoms with Gasteiger partial charge in [-0.05, 0) is 80.8 Å². The van der Waals surface area contributed by atoms with Crippen molar-refractivity contribution in [1.29, 1.82) is 0 Å². The number of aromatic nitrogens is 2. The minimum Gasteiger partial charge on any atom is -0.387 e. The summed E-state index contributed by atoms with van der Waals surface area (Å²) in [6.45, 7) is 8.02. The smallest absolute Gasteiger partial charge is 0.261 e. The van der Waals surface area contributed by atoms with Crippen molar-refractivity contribution >= 4 is 22.5 Å². The molecule has 40 heavy (non-hydrogen) atoms. The molecule has 2 fully saturated rings. The predicted molar refractivity (Wildman–Crippen MR) is 153 cm³/mol. The van der Waals surface area contributed by atoms with E-state index in [2.05, 4.69) is 18.3 Å². The molecule has 3 aromatic rings. The molecule has 2 aliphatic rings. The number of rotatable bonds is 6. The first-order valence-electron chi connectivity index (χ1n) is 14.2. The zero-order chi connectivity index (χ0) is 28.6. The normalized spacial score (nSPS) is 18.6. The SMILES string of the molecule is Cc1cc([C@@H](C)Nc2ccc(F)cc2C2CCN(C(=O)CO)CC2)c2nc(C3(C)CCOCC3)n(C)c(=O)c2c1. The van der Waals surface area contributed by atoms with Crippen LogP contribution in [0.2, 0.25) is 0 Å². The molecular weight excluding hydrogens is 511 g/mol. The summed E-state index contributed by atoms with van der Waals surface area (Å²) in [4.78, 5) is 32.3. The zero-order valence-corrected chi connectivity index (χ0v) is 23.8. The van der Waals surface area contributed by atoms with Crippen molar-refractivity contribution in [3.05, 3.63) is 69.0 Å². The Morgan fingerprint density at radius 2 is 1.93 bits per heavy atom. The van der Waals surface area contributed by atoms with E-state index >= 15 is 0 Å². The lowest BCUT2D eigenvalue weighted by molar-refractivity contribution is -0.135. The summed E-state index contributed by atoms with van der Waals surface area (Å²) in [5.74, 6) is 0.274. The minimum atomic E-state index is -0.495. The molecule has 2 aromatic carbocycles. The van der Waals surface area contributed by atoms with Crippen LogP contribution >= 0.6 is 0 Å². The molecule has 1 atom stereocenters. The standard InChI is InChI=1S/C31H39FN4O4/c1-19-15-23(28-25(16-19)29(39)35(4)30(34-28)31(3)9-13-40-14-10-31)20(2)33-26-6-5-22(32)17-24(26)21-7-11-36(12-8-21)27(38)18-37/h5-6,15-17,20-21,33,37H,7-14,18H2,1-4H3/t20-/m1/s1. The minimum absolute atomic E-state index is 0.0588. The largest absolute Gasteiger partial charge is 0.387 e. The number of hydrogen-bond acceptors (Lipinski definition) is 6. The molecule has 0 radical (unpaired) electrons. The first kappa shape index (κ1) is 28.2. The number of benzene rings is 2. The van der Waals surface area contributed by atoms with Crippen LogP contribution in [-0.4, -0.2) is 58.4 Å². The molecule has 8 nitrogen and oxygen atoms in total. The second kappa shape index (κ2) is 11.3. The van der Waals surface area contributed by atoms with E-state index in [9.17, 15) is 19.1 Å². The third-order valence-corrected chi connectivity index (χ3v) is 8.77. The van der Waals surface area contributed by atoms with Crippen molar-refractivity contribution < 1.29 is 19.0 Å². The van der Waals surface area contributed by atoms with Crippen LogP contribution in [0.4, 0.5) is 10.1 Å². The molecule has 9 heteroatoms. The maximum atomic E-state index is 14.4. The van der Waals surface area contributed by atoms with Gasteiger partial charge in [0.25, 0.3) is 5.56 Å². The molecular formula is C31H39FN4O4. The number of carbonyl (C=O) groups is 1. The molecule has 1 amide bonds. The number of carbonyl (C=O) groups excluding carboxylic acids is 1. The van der Waals surface area contributed by atoms with Crippen molar-refractivity contribution in [2.45, 2.75) is 63.8 Å². The summed E-state index contributed by atoms with van der Waals surface area (Å²) >= 11 is 0. The lowest BCUT2D eigenvalue weighted by Crippen LogP contribution is -2.39. The third-order valence-electron chi connectivity index (χ3n) is 8.77. The summed E-state index contributed by atoms with van der Waals surface area (Å²) in [5.41, 5.74) is 3.97. The summed E-state index contributed by atoms with van der Waals surface area (Å²) in [6, 6.07) is 8.57. The average Bonchev–Trinajstić information content (AvgIpc) is 2.95. The Bertz CT molecular complexity index is 1470. The fourth-order valence-electron chi connectivity index (χ4n) is 6.32. The van der Waals surface area contributed by atoms with Gasteiger partial charge < -0.3 is 20.1 Å². The summed E-state index contributed by atoms with van der Waals surface area (Å²) in [5, 5.41) is 13.4. The van der Waals surface area contributed by atoms with Gasteiger partial charge in [0.1, 0.15) is 18.2 Å². The molecule has 5 rings (SSSR count). The average molecular weight is 551 g/mol. The molecule has 2 aliphatic heterocycles. The molecule has 2 saturated heterocycles. The van der Waals surface area contributed by atoms with E-state index in [1.807, 2.05) is 19.9 Å². The summed E-state index contributed by atoms with van der Waals surface area (Å²) in [7, 11) is 1.80. The van der Waals surface area contributed by atoms with Gasteiger partial charge in [0.2, 0.25) is 5.91 Å². The van der Waals surface area contributed by atoms with E-state index in [-0.39, 0.29) is 34.7 Å². The predicted octanol–water partition coefficient (Wildman–Crippen LogP) is 4.32. The first-order chi connectivity index (χ1) is 19.1. The van der Waals surface area contributed by atoms with Gasteiger partial charge in [-0.2, -0.15) is 0 Å². The molecule has 1 aromatic heterocycles. The number of ether oxygens (including phenoxy) is 1. The van der Waals surface area contributed by atoms with Crippen LogP contribution in [0.1, 0.15) is 74.0 Å². The monoisotopic (exact) mass is 550 g/mol. The Kier molecular flexibility index (Phi) is 7.97. The Morgan fingerprint density at radius 3 is 2.60 bits per heavy atom. The number of amides is 1. The molecule has 3 heterocycles. The number of halogens is 1. The molecule has 0 aliphatic carbocycles. The van der Waals surface area contributed by atoms with Gasteiger partial charge in [0, 0.05) is 50.0 Å². The van der Waals surface area contributed by atoms with E-state index < -0.39 is 6.61 Å². The number of nitrogens with one attached hydrogen (secondary N) is 1. The molecule has 0 saturated carbocycles. The molecule has 2 N–H and O–H groups in total. The highest BCUT2D eigenvalue weighted by molar-refractivity contribution is 5.83. The Morgan fingerprint density at radius 1 is 1.23 bits per heavy atom. The fraction of sp³-hybridized carbons (Fsp3) is 0.516. The highest BCUT2D eigenvalue weighted by atomic mass is 19.1. The van der Waals surface area contributed by atoms with Crippen LogP contribution in [0.15, 0.2) is 35.1 Å². The molecule has 0 spiro atoms. The Balaban J connectivity index is 1.51. The lowest BCUT2D eigenvalue weighted by atomic mass is 9.81. The van der Waals surface area contributed by atoms with E-state index in [0.29, 0.717) is 50.0 Å². The van der Waals surface area contributed by atoms with Gasteiger partial charge in [-0.25, -0.2) is 9.37 Å². The number of fused-ring (bicyclic) bond motifs is 1. The van der Waals surface area contributed by atoms with Crippen molar-refractivity contribution in [2.24, 2.45) is 7.05 Å². The number of likely N-dealkylation sites (tertiary alicyclic amines) is 1. The van der Waals surface area contributed by atoms with E-state index in [4.69, 9.17) is 9.72 Å². The highest BCUT2D eigenvalue weighted by Crippen LogP contribution is 2.37. The number of piperidine rings is 1. The number of aliphatic hydroxyl groups excluding tert-OH is 1. The van der Waals surface area contributed by atoms with Crippen LogP contribution in [0.5, 0.6) is 0 Å². The van der Waals surface area contributed by atoms with Crippen LogP contribution in [0, 0.1) is 12.7 Å². The van der Waals surface area contributed by atoms with Gasteiger partial charge in [0.05, 0.1) is 16.9 Å². The maximum Gasteiger partial charge on any atom is 0.261 e. The summed E-state index contributed by atoms with van der Waals surface area (Å²) < 4.78 is 21.7. The third kappa shape index (κ3) is 5.37. The van der Waals surface area contributed by atoms with Crippen molar-refractivity contribution in [2.75, 3.05) is 38.2 Å². The lowest BCUT2D eigenvalue weighted by Gasteiger charge is -2.34. The van der Waals surface area contributed by atoms with E-state index in [1.54, 1.807) is 28.6 Å². The first-order valence-corrected chi connectivity index (χ1v) is 14.2. The maximum absolute atomic E-state index is 14.4. The molecule has 0 unspecified atom stereocenters. The van der Waals surface area contributed by atoms with E-state index in [0.717, 1.165) is 41.0 Å². The molecule has 0 bridgehead atoms. The second-order valence-corrected chi connectivity index (χ2v) is 11.6. The van der Waals surface area contributed by atoms with Crippen molar-refractivity contribution in [1.82, 2.24) is 14.5 Å². The fourth-order valence-corrected chi connectivity index (χ4v) is 6.32. The van der Waals surface area contributed by atoms with Crippen LogP contribution in [0.25, 0.3) is 10.9 Å². The van der Waals surface area contributed by atoms with Crippen LogP contribution in [-0.2, 0) is 22.0 Å². The molecule has 214 valence electrons. The zero-order valence-electron chi connectivity index (χ0n) is 23.8. The van der Waals surface area contributed by atoms with Gasteiger partial charge in [0.15, 0.2) is 0 Å². The van der Waals surface area contributed by atoms with Gasteiger partial charge in [-0.3, -0.25) is 14.2 Å². The number of aryl methyl sites for hydroxylation is 1. The number of aliphatic hydroxyl groups is 1. The van der Waals surface area contributed by atoms with Crippen LogP contribution in [0.3, 0.4) is 0 Å². The van der Waals surface area contributed by atoms with Crippen LogP contribution < -0.4 is 10.9 Å². The van der Waals surface area contributed by atoms with E-state index in [1.165, 1.54) is 6.07 Å². The van der Waals surface area contributed by atoms with Gasteiger partial charge in [-0.15, -0.1) is 0 Å².